The first kappa shape index (κ1) is 27.2. The van der Waals surface area contributed by atoms with Crippen molar-refractivity contribution in [2.45, 2.75) is 50.1 Å². The number of methoxy groups -OCH3 is 1. The van der Waals surface area contributed by atoms with Crippen molar-refractivity contribution in [3.05, 3.63) is 64.8 Å². The van der Waals surface area contributed by atoms with Crippen molar-refractivity contribution in [1.29, 1.82) is 0 Å². The fraction of sp³-hybridized carbons (Fsp3) is 0.483. The maximum atomic E-state index is 15.6. The number of halogens is 2. The smallest absolute Gasteiger partial charge is 0.127 e. The van der Waals surface area contributed by atoms with Crippen LogP contribution in [0.15, 0.2) is 53.6 Å². The zero-order chi connectivity index (χ0) is 25.5. The molecule has 194 valence electrons. The molecule has 1 aliphatic rings. The van der Waals surface area contributed by atoms with Gasteiger partial charge in [0, 0.05) is 28.6 Å². The summed E-state index contributed by atoms with van der Waals surface area (Å²) in [5.41, 5.74) is 2.27. The fourth-order valence-electron chi connectivity index (χ4n) is 5.12. The van der Waals surface area contributed by atoms with E-state index in [2.05, 4.69) is 41.1 Å². The molecule has 4 rings (SSSR count). The summed E-state index contributed by atoms with van der Waals surface area (Å²) in [6.45, 7) is 5.21. The Morgan fingerprint density at radius 2 is 2.00 bits per heavy atom. The minimum Gasteiger partial charge on any atom is -0.497 e. The predicted octanol–water partition coefficient (Wildman–Crippen LogP) is 7.25. The highest BCUT2D eigenvalue weighted by atomic mass is 35.5. The van der Waals surface area contributed by atoms with E-state index in [0.29, 0.717) is 40.1 Å². The lowest BCUT2D eigenvalue weighted by molar-refractivity contribution is 0.0304. The minimum absolute atomic E-state index is 0.0926. The van der Waals surface area contributed by atoms with Gasteiger partial charge in [-0.1, -0.05) is 29.8 Å². The van der Waals surface area contributed by atoms with Crippen molar-refractivity contribution < 1.29 is 14.2 Å². The molecule has 1 aliphatic heterocycles. The summed E-state index contributed by atoms with van der Waals surface area (Å²) in [7, 11) is 1.59. The monoisotopic (exact) mass is 530 g/mol. The second-order valence-corrected chi connectivity index (χ2v) is 11.4. The van der Waals surface area contributed by atoms with Gasteiger partial charge in [0.15, 0.2) is 0 Å². The number of benzene rings is 2. The number of aliphatic hydroxyl groups excluding tert-OH is 1. The van der Waals surface area contributed by atoms with Crippen molar-refractivity contribution in [3.63, 3.8) is 0 Å². The van der Waals surface area contributed by atoms with E-state index in [0.717, 1.165) is 44.6 Å². The zero-order valence-electron chi connectivity index (χ0n) is 21.2. The van der Waals surface area contributed by atoms with Gasteiger partial charge < -0.3 is 14.7 Å². The molecule has 4 nitrogen and oxygen atoms in total. The number of hydrogen-bond acceptors (Lipinski definition) is 5. The number of pyridine rings is 1. The standard InChI is InChI=1S/C29H36ClFN2O2S/c1-21-6-3-4-7-27(21)36-17-5-14-33-15-12-29(20-34,13-16-33)11-10-25(31)28-23-18-22(35-2)8-9-26(23)32-19-24(28)30/h3-4,6-9,18-19,25,34H,5,10-17,20H2,1-2H3/t25-/m1/s1. The van der Waals surface area contributed by atoms with E-state index in [1.54, 1.807) is 13.2 Å². The van der Waals surface area contributed by atoms with Gasteiger partial charge in [0.05, 0.1) is 17.6 Å². The van der Waals surface area contributed by atoms with Gasteiger partial charge in [-0.15, -0.1) is 11.8 Å². The summed E-state index contributed by atoms with van der Waals surface area (Å²) in [6.07, 6.45) is 4.16. The van der Waals surface area contributed by atoms with Crippen molar-refractivity contribution in [3.8, 4) is 5.75 Å². The number of fused-ring (bicyclic) bond motifs is 1. The molecule has 0 saturated carbocycles. The quantitative estimate of drug-likeness (QED) is 0.209. The Bertz CT molecular complexity index is 1150. The van der Waals surface area contributed by atoms with Crippen LogP contribution in [0.3, 0.4) is 0 Å². The van der Waals surface area contributed by atoms with Crippen molar-refractivity contribution in [2.24, 2.45) is 5.41 Å². The van der Waals surface area contributed by atoms with Gasteiger partial charge in [-0.05, 0) is 99.7 Å². The van der Waals surface area contributed by atoms with Crippen LogP contribution >= 0.6 is 23.4 Å². The van der Waals surface area contributed by atoms with Gasteiger partial charge in [-0.25, -0.2) is 4.39 Å². The third-order valence-corrected chi connectivity index (χ3v) is 9.09. The summed E-state index contributed by atoms with van der Waals surface area (Å²) < 4.78 is 21.0. The van der Waals surface area contributed by atoms with E-state index in [9.17, 15) is 5.11 Å². The maximum Gasteiger partial charge on any atom is 0.127 e. The Hall–Kier alpha value is -1.86. The number of aromatic nitrogens is 1. The van der Waals surface area contributed by atoms with Crippen LogP contribution in [0.5, 0.6) is 5.75 Å². The zero-order valence-corrected chi connectivity index (χ0v) is 22.8. The molecule has 1 fully saturated rings. The first-order chi connectivity index (χ1) is 17.4. The molecular formula is C29H36ClFN2O2S. The van der Waals surface area contributed by atoms with Crippen molar-refractivity contribution in [2.75, 3.05) is 39.1 Å². The number of nitrogens with zero attached hydrogens (tertiary/aromatic N) is 2. The molecule has 1 aromatic heterocycles. The number of aryl methyl sites for hydroxylation is 1. The van der Waals surface area contributed by atoms with E-state index in [1.807, 2.05) is 23.9 Å². The second-order valence-electron chi connectivity index (χ2n) is 9.88. The van der Waals surface area contributed by atoms with Crippen LogP contribution in [-0.2, 0) is 0 Å². The third kappa shape index (κ3) is 6.52. The van der Waals surface area contributed by atoms with Gasteiger partial charge in [-0.3, -0.25) is 4.98 Å². The molecule has 1 N–H and O–H groups in total. The molecule has 2 heterocycles. The van der Waals surface area contributed by atoms with Gasteiger partial charge in [-0.2, -0.15) is 0 Å². The van der Waals surface area contributed by atoms with E-state index < -0.39 is 6.17 Å². The van der Waals surface area contributed by atoms with Gasteiger partial charge in [0.1, 0.15) is 11.9 Å². The van der Waals surface area contributed by atoms with Crippen LogP contribution in [0.25, 0.3) is 10.9 Å². The normalized spacial score (nSPS) is 16.8. The molecule has 0 spiro atoms. The Morgan fingerprint density at radius 1 is 1.22 bits per heavy atom. The van der Waals surface area contributed by atoms with Gasteiger partial charge in [0.2, 0.25) is 0 Å². The summed E-state index contributed by atoms with van der Waals surface area (Å²) in [5, 5.41) is 11.3. The van der Waals surface area contributed by atoms with Gasteiger partial charge in [0.25, 0.3) is 0 Å². The number of likely N-dealkylation sites (tertiary alicyclic amines) is 1. The van der Waals surface area contributed by atoms with Crippen molar-refractivity contribution in [1.82, 2.24) is 9.88 Å². The average Bonchev–Trinajstić information content (AvgIpc) is 2.91. The first-order valence-electron chi connectivity index (χ1n) is 12.7. The van der Waals surface area contributed by atoms with Crippen LogP contribution in [-0.4, -0.2) is 54.1 Å². The summed E-state index contributed by atoms with van der Waals surface area (Å²) >= 11 is 8.33. The van der Waals surface area contributed by atoms with Crippen LogP contribution < -0.4 is 4.74 Å². The second kappa shape index (κ2) is 12.6. The molecule has 2 aromatic carbocycles. The first-order valence-corrected chi connectivity index (χ1v) is 14.1. The Labute approximate surface area is 223 Å². The summed E-state index contributed by atoms with van der Waals surface area (Å²) in [6, 6.07) is 14.0. The molecule has 7 heteroatoms. The predicted molar refractivity (Wildman–Crippen MR) is 148 cm³/mol. The number of rotatable bonds is 11. The molecule has 1 atom stereocenters. The van der Waals surface area contributed by atoms with Crippen molar-refractivity contribution >= 4 is 34.3 Å². The molecule has 0 aliphatic carbocycles. The fourth-order valence-corrected chi connectivity index (χ4v) is 6.35. The molecule has 3 aromatic rings. The Morgan fingerprint density at radius 3 is 2.72 bits per heavy atom. The molecule has 0 unspecified atom stereocenters. The SMILES string of the molecule is COc1ccc2ncc(Cl)c([C@H](F)CCC3(CO)CCN(CCCSc4ccccc4C)CC3)c2c1. The summed E-state index contributed by atoms with van der Waals surface area (Å²) in [5.74, 6) is 1.75. The lowest BCUT2D eigenvalue weighted by Gasteiger charge is -2.41. The minimum atomic E-state index is -1.23. The Balaban J connectivity index is 1.30. The lowest BCUT2D eigenvalue weighted by atomic mass is 9.74. The number of aliphatic hydroxyl groups is 1. The molecule has 36 heavy (non-hydrogen) atoms. The number of ether oxygens (including phenoxy) is 1. The number of hydrogen-bond donors (Lipinski definition) is 1. The van der Waals surface area contributed by atoms with Crippen LogP contribution in [0.4, 0.5) is 4.39 Å². The van der Waals surface area contributed by atoms with Crippen LogP contribution in [0.1, 0.15) is 49.4 Å². The van der Waals surface area contributed by atoms with Gasteiger partial charge >= 0.3 is 0 Å². The highest BCUT2D eigenvalue weighted by Crippen LogP contribution is 2.42. The van der Waals surface area contributed by atoms with E-state index in [1.165, 1.54) is 16.7 Å². The summed E-state index contributed by atoms with van der Waals surface area (Å²) in [4.78, 5) is 8.18. The lowest BCUT2D eigenvalue weighted by Crippen LogP contribution is -2.42. The van der Waals surface area contributed by atoms with E-state index in [4.69, 9.17) is 16.3 Å². The molecule has 0 radical (unpaired) electrons. The molecule has 0 bridgehead atoms. The van der Waals surface area contributed by atoms with E-state index in [-0.39, 0.29) is 12.0 Å². The number of thioether (sulfide) groups is 1. The average molecular weight is 531 g/mol. The molecule has 0 amide bonds. The molecule has 1 saturated heterocycles. The molecular weight excluding hydrogens is 495 g/mol. The third-order valence-electron chi connectivity index (χ3n) is 7.53. The largest absolute Gasteiger partial charge is 0.497 e. The van der Waals surface area contributed by atoms with E-state index >= 15 is 4.39 Å². The maximum absolute atomic E-state index is 15.6. The highest BCUT2D eigenvalue weighted by molar-refractivity contribution is 7.99. The van der Waals surface area contributed by atoms with Crippen LogP contribution in [0.2, 0.25) is 5.02 Å². The topological polar surface area (TPSA) is 45.6 Å². The highest BCUT2D eigenvalue weighted by Gasteiger charge is 2.35. The number of alkyl halides is 1. The number of piperidine rings is 1. The van der Waals surface area contributed by atoms with Crippen LogP contribution in [0, 0.1) is 12.3 Å². The Kier molecular flexibility index (Phi) is 9.51.